The molecule has 0 bridgehead atoms. The van der Waals surface area contributed by atoms with Gasteiger partial charge < -0.3 is 18.5 Å². The lowest BCUT2D eigenvalue weighted by molar-refractivity contribution is 0.651. The van der Waals surface area contributed by atoms with Gasteiger partial charge in [0, 0.05) is 53.8 Å². The van der Waals surface area contributed by atoms with Gasteiger partial charge in [-0.1, -0.05) is 90.5 Å². The largest absolute Gasteiger partial charge is 0.468 e. The minimum absolute atomic E-state index is 0.215. The molecule has 0 aliphatic carbocycles. The van der Waals surface area contributed by atoms with Gasteiger partial charge in [0.05, 0.1) is 33.4 Å². The molecule has 5 heterocycles. The summed E-state index contributed by atoms with van der Waals surface area (Å²) in [6.07, 6.45) is 0. The number of hydrogen-bond donors (Lipinski definition) is 0. The molecule has 2 aliphatic heterocycles. The SMILES string of the molecule is [2H]C([2H])([2H])c1ccc2c(c1)c1cc3c4c(c5ccccc5n4-c4cccc5c4B3c3oc4ccccc4c3N5c3ccccc3)c1n2-c1ccccc1. The van der Waals surface area contributed by atoms with Crippen LogP contribution in [-0.4, -0.2) is 15.8 Å². The first-order chi connectivity index (χ1) is 26.0. The maximum absolute atomic E-state index is 8.36. The smallest absolute Gasteiger partial charge is 0.297 e. The number of hydrogen-bond acceptors (Lipinski definition) is 2. The number of aromatic nitrogens is 2. The molecule has 0 saturated carbocycles. The van der Waals surface area contributed by atoms with Gasteiger partial charge >= 0.3 is 0 Å². The van der Waals surface area contributed by atoms with Crippen molar-refractivity contribution < 1.29 is 8.53 Å². The zero-order valence-electron chi connectivity index (χ0n) is 29.8. The lowest BCUT2D eigenvalue weighted by Gasteiger charge is -2.38. The van der Waals surface area contributed by atoms with E-state index in [1.54, 1.807) is 6.07 Å². The summed E-state index contributed by atoms with van der Waals surface area (Å²) < 4.78 is 36.9. The highest BCUT2D eigenvalue weighted by Gasteiger charge is 2.46. The van der Waals surface area contributed by atoms with Gasteiger partial charge in [-0.3, -0.25) is 0 Å². The van der Waals surface area contributed by atoms with Gasteiger partial charge in [0.25, 0.3) is 6.71 Å². The summed E-state index contributed by atoms with van der Waals surface area (Å²) >= 11 is 0. The fraction of sp³-hybridized carbons (Fsp3) is 0.0222. The molecule has 0 fully saturated rings. The number of fused-ring (bicyclic) bond motifs is 13. The van der Waals surface area contributed by atoms with E-state index < -0.39 is 6.85 Å². The molecule has 0 saturated heterocycles. The summed E-state index contributed by atoms with van der Waals surface area (Å²) in [5, 5.41) is 5.28. The zero-order valence-corrected chi connectivity index (χ0v) is 26.8. The lowest BCUT2D eigenvalue weighted by atomic mass is 9.36. The monoisotopic (exact) mass is 640 g/mol. The summed E-state index contributed by atoms with van der Waals surface area (Å²) in [4.78, 5) is 2.37. The molecule has 0 radical (unpaired) electrons. The van der Waals surface area contributed by atoms with Crippen LogP contribution in [-0.2, 0) is 0 Å². The number of aryl methyl sites for hydroxylation is 1. The van der Waals surface area contributed by atoms with Crippen molar-refractivity contribution in [3.05, 3.63) is 157 Å². The summed E-state index contributed by atoms with van der Waals surface area (Å²) in [5.74, 6) is 0. The Hall–Kier alpha value is -6.46. The third-order valence-corrected chi connectivity index (χ3v) is 10.9. The fourth-order valence-electron chi connectivity index (χ4n) is 9.10. The number of furan rings is 1. The van der Waals surface area contributed by atoms with Crippen LogP contribution < -0.4 is 21.5 Å². The summed E-state index contributed by atoms with van der Waals surface area (Å²) in [6, 6.07) is 52.6. The maximum atomic E-state index is 8.36. The van der Waals surface area contributed by atoms with Crippen LogP contribution in [0.15, 0.2) is 156 Å². The van der Waals surface area contributed by atoms with Crippen LogP contribution in [0.2, 0.25) is 0 Å². The molecular formula is C45H28BN3O. The van der Waals surface area contributed by atoms with Crippen LogP contribution in [0.3, 0.4) is 0 Å². The number of para-hydroxylation sites is 4. The van der Waals surface area contributed by atoms with Crippen LogP contribution in [0.4, 0.5) is 17.1 Å². The van der Waals surface area contributed by atoms with Crippen LogP contribution in [0, 0.1) is 6.85 Å². The molecule has 3 aromatic heterocycles. The number of anilines is 3. The lowest BCUT2D eigenvalue weighted by Crippen LogP contribution is -2.60. The highest BCUT2D eigenvalue weighted by atomic mass is 16.3. The molecule has 2 aliphatic rings. The first-order valence-electron chi connectivity index (χ1n) is 18.6. The molecule has 50 heavy (non-hydrogen) atoms. The van der Waals surface area contributed by atoms with E-state index in [-0.39, 0.29) is 6.71 Å². The van der Waals surface area contributed by atoms with Crippen LogP contribution in [0.25, 0.3) is 66.0 Å². The van der Waals surface area contributed by atoms with Gasteiger partial charge in [-0.2, -0.15) is 0 Å². The molecule has 0 amide bonds. The Morgan fingerprint density at radius 1 is 0.560 bits per heavy atom. The highest BCUT2D eigenvalue weighted by Crippen LogP contribution is 2.47. The van der Waals surface area contributed by atoms with Crippen molar-refractivity contribution in [1.82, 2.24) is 9.13 Å². The molecule has 7 aromatic carbocycles. The van der Waals surface area contributed by atoms with E-state index in [0.717, 1.165) is 94.1 Å². The van der Waals surface area contributed by atoms with Crippen LogP contribution >= 0.6 is 0 Å². The van der Waals surface area contributed by atoms with Gasteiger partial charge in [0.1, 0.15) is 5.58 Å². The first kappa shape index (κ1) is 23.8. The molecule has 0 unspecified atom stereocenters. The summed E-state index contributed by atoms with van der Waals surface area (Å²) in [7, 11) is 0. The molecule has 0 spiro atoms. The topological polar surface area (TPSA) is 26.2 Å². The van der Waals surface area contributed by atoms with E-state index in [0.29, 0.717) is 5.56 Å². The maximum Gasteiger partial charge on any atom is 0.297 e. The predicted octanol–water partition coefficient (Wildman–Crippen LogP) is 9.55. The zero-order chi connectivity index (χ0) is 35.2. The van der Waals surface area contributed by atoms with Gasteiger partial charge in [-0.05, 0) is 84.5 Å². The second-order valence-corrected chi connectivity index (χ2v) is 13.5. The van der Waals surface area contributed by atoms with E-state index in [2.05, 4.69) is 135 Å². The van der Waals surface area contributed by atoms with Crippen molar-refractivity contribution in [1.29, 1.82) is 0 Å². The van der Waals surface area contributed by atoms with Crippen molar-refractivity contribution in [2.75, 3.05) is 4.90 Å². The third-order valence-electron chi connectivity index (χ3n) is 10.9. The molecule has 0 N–H and O–H groups in total. The second kappa shape index (κ2) is 9.37. The Morgan fingerprint density at radius 3 is 2.12 bits per heavy atom. The van der Waals surface area contributed by atoms with E-state index in [1.165, 1.54) is 5.46 Å². The minimum Gasteiger partial charge on any atom is -0.468 e. The summed E-state index contributed by atoms with van der Waals surface area (Å²) in [6.45, 7) is -2.46. The molecule has 232 valence electrons. The Kier molecular flexibility index (Phi) is 4.46. The highest BCUT2D eigenvalue weighted by molar-refractivity contribution is 7.00. The summed E-state index contributed by atoms with van der Waals surface area (Å²) in [5.41, 5.74) is 14.1. The Bertz CT molecular complexity index is 3180. The molecule has 10 aromatic rings. The average Bonchev–Trinajstić information content (AvgIpc) is 3.85. The van der Waals surface area contributed by atoms with Crippen molar-refractivity contribution >= 4 is 94.9 Å². The van der Waals surface area contributed by atoms with Crippen molar-refractivity contribution in [2.45, 2.75) is 6.85 Å². The Balaban J connectivity index is 1.32. The van der Waals surface area contributed by atoms with E-state index in [1.807, 2.05) is 24.3 Å². The van der Waals surface area contributed by atoms with Gasteiger partial charge in [0.15, 0.2) is 0 Å². The third kappa shape index (κ3) is 3.18. The Labute approximate surface area is 292 Å². The van der Waals surface area contributed by atoms with E-state index >= 15 is 0 Å². The van der Waals surface area contributed by atoms with Crippen molar-refractivity contribution in [2.24, 2.45) is 0 Å². The quantitative estimate of drug-likeness (QED) is 0.176. The standard InChI is InChI=1S/C45H28BN3O/c1-27-23-24-36-32(25-27)33-26-34-44-40(42(33)47(36)28-13-4-2-5-14-28)30-17-8-10-19-35(30)49(44)38-21-12-20-37-41(38)46(34)45-43(31-18-9-11-22-39(31)50-45)48(37)29-15-6-3-7-16-29/h2-26H,1H3/i1D3. The molecule has 5 heteroatoms. The second-order valence-electron chi connectivity index (χ2n) is 13.5. The van der Waals surface area contributed by atoms with Gasteiger partial charge in [-0.25, -0.2) is 0 Å². The van der Waals surface area contributed by atoms with Crippen molar-refractivity contribution in [3.8, 4) is 11.4 Å². The van der Waals surface area contributed by atoms with E-state index in [9.17, 15) is 0 Å². The van der Waals surface area contributed by atoms with Crippen LogP contribution in [0.5, 0.6) is 0 Å². The fourth-order valence-corrected chi connectivity index (χ4v) is 9.10. The van der Waals surface area contributed by atoms with E-state index in [4.69, 9.17) is 8.53 Å². The van der Waals surface area contributed by atoms with Gasteiger partial charge in [0.2, 0.25) is 0 Å². The molecular weight excluding hydrogens is 609 g/mol. The number of benzene rings is 7. The molecule has 4 nitrogen and oxygen atoms in total. The van der Waals surface area contributed by atoms with Crippen LogP contribution in [0.1, 0.15) is 9.68 Å². The average molecular weight is 641 g/mol. The number of rotatable bonds is 2. The van der Waals surface area contributed by atoms with Crippen molar-refractivity contribution in [3.63, 3.8) is 0 Å². The minimum atomic E-state index is -2.25. The molecule has 12 rings (SSSR count). The molecule has 0 atom stereocenters. The first-order valence-corrected chi connectivity index (χ1v) is 17.1. The normalized spacial score (nSPS) is 14.4. The predicted molar refractivity (Wildman–Crippen MR) is 209 cm³/mol. The van der Waals surface area contributed by atoms with Gasteiger partial charge in [-0.15, -0.1) is 0 Å². The Morgan fingerprint density at radius 2 is 1.28 bits per heavy atom. The number of nitrogens with zero attached hydrogens (tertiary/aromatic N) is 3.